The second-order valence-corrected chi connectivity index (χ2v) is 7.26. The molecule has 0 spiro atoms. The number of aryl methyl sites for hydroxylation is 2. The highest BCUT2D eigenvalue weighted by Crippen LogP contribution is 2.20. The molecule has 2 amide bonds. The minimum atomic E-state index is -0.120. The predicted octanol–water partition coefficient (Wildman–Crippen LogP) is 4.38. The molecule has 24 heavy (non-hydrogen) atoms. The van der Waals surface area contributed by atoms with Crippen LogP contribution in [-0.4, -0.2) is 23.3 Å². The van der Waals surface area contributed by atoms with Crippen molar-refractivity contribution in [3.05, 3.63) is 58.1 Å². The van der Waals surface area contributed by atoms with Crippen LogP contribution in [0.4, 0.5) is 11.4 Å². The molecular weight excluding hydrogens is 388 g/mol. The first-order valence-electron chi connectivity index (χ1n) is 7.44. The number of rotatable bonds is 6. The van der Waals surface area contributed by atoms with E-state index in [1.807, 2.05) is 56.3 Å². The molecule has 0 aromatic heterocycles. The molecule has 0 heterocycles. The summed E-state index contributed by atoms with van der Waals surface area (Å²) in [5, 5.41) is 5.65. The number of nitrogens with one attached hydrogen (secondary N) is 2. The third kappa shape index (κ3) is 6.02. The molecule has 0 fully saturated rings. The van der Waals surface area contributed by atoms with E-state index in [0.29, 0.717) is 0 Å². The van der Waals surface area contributed by atoms with Crippen LogP contribution >= 0.6 is 27.7 Å². The molecule has 0 bridgehead atoms. The summed E-state index contributed by atoms with van der Waals surface area (Å²) in [7, 11) is 0. The van der Waals surface area contributed by atoms with Gasteiger partial charge >= 0.3 is 0 Å². The van der Waals surface area contributed by atoms with Gasteiger partial charge < -0.3 is 10.6 Å². The Kier molecular flexibility index (Phi) is 6.87. The molecule has 6 heteroatoms. The molecule has 0 atom stereocenters. The van der Waals surface area contributed by atoms with Gasteiger partial charge in [0.1, 0.15) is 0 Å². The summed E-state index contributed by atoms with van der Waals surface area (Å²) in [5.74, 6) is 0.236. The van der Waals surface area contributed by atoms with Crippen molar-refractivity contribution in [2.45, 2.75) is 13.8 Å². The third-order valence-electron chi connectivity index (χ3n) is 3.21. The van der Waals surface area contributed by atoms with Crippen LogP contribution in [0, 0.1) is 13.8 Å². The Hall–Kier alpha value is -1.79. The first-order chi connectivity index (χ1) is 11.4. The zero-order valence-electron chi connectivity index (χ0n) is 13.6. The van der Waals surface area contributed by atoms with Gasteiger partial charge in [0.25, 0.3) is 0 Å². The van der Waals surface area contributed by atoms with Crippen molar-refractivity contribution in [1.29, 1.82) is 0 Å². The lowest BCUT2D eigenvalue weighted by molar-refractivity contribution is -0.114. The van der Waals surface area contributed by atoms with E-state index in [9.17, 15) is 9.59 Å². The smallest absolute Gasteiger partial charge is 0.234 e. The highest BCUT2D eigenvalue weighted by Gasteiger charge is 2.07. The SMILES string of the molecule is Cc1cccc(NC(=O)CSCC(=O)Nc2ccc(Br)c(C)c2)c1. The molecular formula is C18H19BrN2O2S. The first-order valence-corrected chi connectivity index (χ1v) is 9.39. The zero-order valence-corrected chi connectivity index (χ0v) is 16.0. The molecule has 4 nitrogen and oxygen atoms in total. The Labute approximate surface area is 154 Å². The molecule has 2 N–H and O–H groups in total. The lowest BCUT2D eigenvalue weighted by Crippen LogP contribution is -2.18. The van der Waals surface area contributed by atoms with E-state index < -0.39 is 0 Å². The number of hydrogen-bond donors (Lipinski definition) is 2. The molecule has 0 aliphatic carbocycles. The number of thioether (sulfide) groups is 1. The standard InChI is InChI=1S/C18H19BrN2O2S/c1-12-4-3-5-14(8-12)20-17(22)10-24-11-18(23)21-15-6-7-16(19)13(2)9-15/h3-9H,10-11H2,1-2H3,(H,20,22)(H,21,23). The van der Waals surface area contributed by atoms with Gasteiger partial charge in [0.2, 0.25) is 11.8 Å². The molecule has 0 radical (unpaired) electrons. The van der Waals surface area contributed by atoms with Crippen LogP contribution in [0.5, 0.6) is 0 Å². The van der Waals surface area contributed by atoms with Crippen molar-refractivity contribution in [2.75, 3.05) is 22.1 Å². The van der Waals surface area contributed by atoms with Gasteiger partial charge in [0, 0.05) is 15.8 Å². The van der Waals surface area contributed by atoms with Crippen molar-refractivity contribution in [3.8, 4) is 0 Å². The van der Waals surface area contributed by atoms with E-state index >= 15 is 0 Å². The molecule has 0 saturated heterocycles. The van der Waals surface area contributed by atoms with Gasteiger partial charge in [-0.3, -0.25) is 9.59 Å². The van der Waals surface area contributed by atoms with Gasteiger partial charge in [0.05, 0.1) is 11.5 Å². The fourth-order valence-electron chi connectivity index (χ4n) is 2.08. The summed E-state index contributed by atoms with van der Waals surface area (Å²) < 4.78 is 1.00. The summed E-state index contributed by atoms with van der Waals surface area (Å²) in [6, 6.07) is 13.3. The zero-order chi connectivity index (χ0) is 17.5. The van der Waals surface area contributed by atoms with Crippen LogP contribution in [0.1, 0.15) is 11.1 Å². The lowest BCUT2D eigenvalue weighted by atomic mass is 10.2. The van der Waals surface area contributed by atoms with Crippen molar-refractivity contribution in [3.63, 3.8) is 0 Å². The summed E-state index contributed by atoms with van der Waals surface area (Å²) in [6.45, 7) is 3.93. The summed E-state index contributed by atoms with van der Waals surface area (Å²) in [4.78, 5) is 23.8. The highest BCUT2D eigenvalue weighted by molar-refractivity contribution is 9.10. The Bertz CT molecular complexity index is 750. The summed E-state index contributed by atoms with van der Waals surface area (Å²) in [5.41, 5.74) is 3.67. The van der Waals surface area contributed by atoms with Crippen LogP contribution in [0.15, 0.2) is 46.9 Å². The number of anilines is 2. The average molecular weight is 407 g/mol. The monoisotopic (exact) mass is 406 g/mol. The van der Waals surface area contributed by atoms with Gasteiger partial charge in [0.15, 0.2) is 0 Å². The van der Waals surface area contributed by atoms with Crippen LogP contribution in [0.25, 0.3) is 0 Å². The third-order valence-corrected chi connectivity index (χ3v) is 5.03. The molecule has 0 unspecified atom stereocenters. The molecule has 0 aliphatic heterocycles. The Morgan fingerprint density at radius 1 is 0.958 bits per heavy atom. The van der Waals surface area contributed by atoms with Gasteiger partial charge in [-0.2, -0.15) is 0 Å². The number of halogens is 1. The Morgan fingerprint density at radius 2 is 1.58 bits per heavy atom. The van der Waals surface area contributed by atoms with E-state index in [2.05, 4.69) is 26.6 Å². The molecule has 0 aliphatic rings. The number of hydrogen-bond acceptors (Lipinski definition) is 3. The number of benzene rings is 2. The van der Waals surface area contributed by atoms with Crippen molar-refractivity contribution in [2.24, 2.45) is 0 Å². The second kappa shape index (κ2) is 8.89. The normalized spacial score (nSPS) is 10.3. The van der Waals surface area contributed by atoms with Gasteiger partial charge in [-0.1, -0.05) is 28.1 Å². The molecule has 0 saturated carbocycles. The maximum atomic E-state index is 11.9. The summed E-state index contributed by atoms with van der Waals surface area (Å²) >= 11 is 4.71. The van der Waals surface area contributed by atoms with E-state index in [0.717, 1.165) is 27.0 Å². The quantitative estimate of drug-likeness (QED) is 0.748. The van der Waals surface area contributed by atoms with E-state index in [1.165, 1.54) is 11.8 Å². The lowest BCUT2D eigenvalue weighted by Gasteiger charge is -2.08. The van der Waals surface area contributed by atoms with Gasteiger partial charge in [-0.05, 0) is 55.3 Å². The van der Waals surface area contributed by atoms with E-state index in [4.69, 9.17) is 0 Å². The van der Waals surface area contributed by atoms with Crippen molar-refractivity contribution >= 4 is 50.9 Å². The van der Waals surface area contributed by atoms with E-state index in [-0.39, 0.29) is 23.3 Å². The highest BCUT2D eigenvalue weighted by atomic mass is 79.9. The topological polar surface area (TPSA) is 58.2 Å². The first kappa shape index (κ1) is 18.5. The average Bonchev–Trinajstić information content (AvgIpc) is 2.51. The predicted molar refractivity (Wildman–Crippen MR) is 105 cm³/mol. The molecule has 2 aromatic rings. The Morgan fingerprint density at radius 3 is 2.17 bits per heavy atom. The number of carbonyl (C=O) groups excluding carboxylic acids is 2. The molecule has 2 aromatic carbocycles. The van der Waals surface area contributed by atoms with Crippen molar-refractivity contribution < 1.29 is 9.59 Å². The fourth-order valence-corrected chi connectivity index (χ4v) is 2.94. The minimum absolute atomic E-state index is 0.113. The molecule has 2 rings (SSSR count). The van der Waals surface area contributed by atoms with Gasteiger partial charge in [-0.25, -0.2) is 0 Å². The second-order valence-electron chi connectivity index (χ2n) is 5.42. The van der Waals surface area contributed by atoms with Crippen LogP contribution in [0.2, 0.25) is 0 Å². The largest absolute Gasteiger partial charge is 0.325 e. The maximum absolute atomic E-state index is 11.9. The fraction of sp³-hybridized carbons (Fsp3) is 0.222. The number of carbonyl (C=O) groups is 2. The summed E-state index contributed by atoms with van der Waals surface area (Å²) in [6.07, 6.45) is 0. The van der Waals surface area contributed by atoms with Crippen molar-refractivity contribution in [1.82, 2.24) is 0 Å². The number of amides is 2. The van der Waals surface area contributed by atoms with E-state index in [1.54, 1.807) is 0 Å². The van der Waals surface area contributed by atoms with Crippen LogP contribution in [0.3, 0.4) is 0 Å². The Balaban J connectivity index is 1.73. The maximum Gasteiger partial charge on any atom is 0.234 e. The molecule has 126 valence electrons. The van der Waals surface area contributed by atoms with Gasteiger partial charge in [-0.15, -0.1) is 11.8 Å². The van der Waals surface area contributed by atoms with Crippen LogP contribution in [-0.2, 0) is 9.59 Å². The minimum Gasteiger partial charge on any atom is -0.325 e. The van der Waals surface area contributed by atoms with Crippen LogP contribution < -0.4 is 10.6 Å².